The second-order valence-corrected chi connectivity index (χ2v) is 4.69. The highest BCUT2D eigenvalue weighted by molar-refractivity contribution is 7.99. The number of aromatic amines is 1. The molecular weight excluding hydrogens is 240 g/mol. The van der Waals surface area contributed by atoms with E-state index in [1.165, 1.54) is 11.8 Å². The molecule has 1 aromatic carbocycles. The molecule has 90 valence electrons. The molecule has 2 rings (SSSR count). The van der Waals surface area contributed by atoms with Crippen LogP contribution in [0.3, 0.4) is 0 Å². The lowest BCUT2D eigenvalue weighted by Gasteiger charge is -1.95. The number of hydrogen-bond acceptors (Lipinski definition) is 4. The molecule has 0 unspecified atom stereocenters. The lowest BCUT2D eigenvalue weighted by Crippen LogP contribution is -2.00. The molecule has 0 aliphatic heterocycles. The lowest BCUT2D eigenvalue weighted by molar-refractivity contribution is -0.133. The number of aryl methyl sites for hydroxylation is 1. The van der Waals surface area contributed by atoms with Crippen molar-refractivity contribution in [3.8, 4) is 5.75 Å². The number of phenolic OH excluding ortho intramolecular Hbond substituents is 1. The van der Waals surface area contributed by atoms with E-state index in [-0.39, 0.29) is 11.5 Å². The summed E-state index contributed by atoms with van der Waals surface area (Å²) in [5.74, 6) is 1.03. The fourth-order valence-corrected chi connectivity index (χ4v) is 2.15. The van der Waals surface area contributed by atoms with Crippen molar-refractivity contribution in [3.63, 3.8) is 0 Å². The first-order valence-electron chi connectivity index (χ1n) is 5.12. The Morgan fingerprint density at radius 2 is 2.29 bits per heavy atom. The van der Waals surface area contributed by atoms with Gasteiger partial charge >= 0.3 is 5.97 Å². The zero-order valence-electron chi connectivity index (χ0n) is 9.01. The number of carboxylic acids is 1. The maximum atomic E-state index is 10.3. The Bertz CT molecular complexity index is 538. The van der Waals surface area contributed by atoms with E-state index in [9.17, 15) is 9.90 Å². The summed E-state index contributed by atoms with van der Waals surface area (Å²) in [4.78, 5) is 17.8. The van der Waals surface area contributed by atoms with E-state index in [2.05, 4.69) is 9.97 Å². The molecule has 6 heteroatoms. The van der Waals surface area contributed by atoms with Crippen molar-refractivity contribution in [2.45, 2.75) is 6.42 Å². The molecule has 0 aliphatic carbocycles. The maximum absolute atomic E-state index is 10.3. The average molecular weight is 252 g/mol. The summed E-state index contributed by atoms with van der Waals surface area (Å²) in [6.07, 6.45) is 0.688. The van der Waals surface area contributed by atoms with E-state index in [1.54, 1.807) is 18.2 Å². The predicted octanol–water partition coefficient (Wildman–Crippen LogP) is 1.63. The van der Waals surface area contributed by atoms with E-state index in [0.717, 1.165) is 16.9 Å². The number of nitrogens with zero attached hydrogens (tertiary/aromatic N) is 1. The first-order chi connectivity index (χ1) is 8.15. The van der Waals surface area contributed by atoms with Gasteiger partial charge in [0.05, 0.1) is 16.8 Å². The van der Waals surface area contributed by atoms with Crippen LogP contribution < -0.4 is 0 Å². The van der Waals surface area contributed by atoms with Crippen LogP contribution in [0.5, 0.6) is 5.75 Å². The van der Waals surface area contributed by atoms with Crippen LogP contribution >= 0.6 is 11.8 Å². The molecule has 0 aliphatic rings. The molecule has 17 heavy (non-hydrogen) atoms. The van der Waals surface area contributed by atoms with Crippen LogP contribution in [0.1, 0.15) is 5.82 Å². The van der Waals surface area contributed by atoms with Crippen molar-refractivity contribution >= 4 is 28.8 Å². The predicted molar refractivity (Wildman–Crippen MR) is 66.4 cm³/mol. The Kier molecular flexibility index (Phi) is 3.53. The number of thioether (sulfide) groups is 1. The number of aromatic hydroxyl groups is 1. The number of phenols is 1. The molecule has 0 radical (unpaired) electrons. The highest BCUT2D eigenvalue weighted by Gasteiger charge is 2.04. The number of imidazole rings is 1. The number of hydrogen-bond donors (Lipinski definition) is 3. The van der Waals surface area contributed by atoms with E-state index >= 15 is 0 Å². The van der Waals surface area contributed by atoms with E-state index in [4.69, 9.17) is 5.11 Å². The summed E-state index contributed by atoms with van der Waals surface area (Å²) in [6.45, 7) is 0. The zero-order valence-corrected chi connectivity index (χ0v) is 9.83. The summed E-state index contributed by atoms with van der Waals surface area (Å²) >= 11 is 1.36. The number of H-pyrrole nitrogens is 1. The molecule has 0 saturated carbocycles. The van der Waals surface area contributed by atoms with Crippen molar-refractivity contribution in [2.24, 2.45) is 0 Å². The Labute approximate surface area is 102 Å². The van der Waals surface area contributed by atoms with Crippen molar-refractivity contribution < 1.29 is 15.0 Å². The maximum Gasteiger partial charge on any atom is 0.313 e. The SMILES string of the molecule is O=C(O)CSCCc1nc2ccc(O)cc2[nH]1. The van der Waals surface area contributed by atoms with Gasteiger partial charge in [0.1, 0.15) is 11.6 Å². The average Bonchev–Trinajstić information content (AvgIpc) is 2.66. The molecule has 2 aromatic rings. The number of carbonyl (C=O) groups is 1. The van der Waals surface area contributed by atoms with Gasteiger partial charge in [-0.2, -0.15) is 0 Å². The smallest absolute Gasteiger partial charge is 0.313 e. The van der Waals surface area contributed by atoms with Gasteiger partial charge in [0.2, 0.25) is 0 Å². The fourth-order valence-electron chi connectivity index (χ4n) is 1.50. The minimum Gasteiger partial charge on any atom is -0.508 e. The van der Waals surface area contributed by atoms with Gasteiger partial charge in [-0.25, -0.2) is 4.98 Å². The van der Waals surface area contributed by atoms with Crippen LogP contribution in [0, 0.1) is 0 Å². The molecule has 0 atom stereocenters. The van der Waals surface area contributed by atoms with Crippen molar-refractivity contribution in [1.29, 1.82) is 0 Å². The standard InChI is InChI=1S/C11H12N2O3S/c14-7-1-2-8-9(5-7)13-10(12-8)3-4-17-6-11(15)16/h1-2,5,14H,3-4,6H2,(H,12,13)(H,15,16). The van der Waals surface area contributed by atoms with Crippen molar-refractivity contribution in [3.05, 3.63) is 24.0 Å². The lowest BCUT2D eigenvalue weighted by atomic mass is 10.3. The van der Waals surface area contributed by atoms with Gasteiger partial charge in [-0.15, -0.1) is 11.8 Å². The van der Waals surface area contributed by atoms with Gasteiger partial charge in [0, 0.05) is 18.2 Å². The van der Waals surface area contributed by atoms with Crippen LogP contribution in [-0.2, 0) is 11.2 Å². The Morgan fingerprint density at radius 3 is 3.06 bits per heavy atom. The van der Waals surface area contributed by atoms with Gasteiger partial charge in [-0.1, -0.05) is 0 Å². The number of rotatable bonds is 5. The van der Waals surface area contributed by atoms with Crippen LogP contribution in [-0.4, -0.2) is 37.7 Å². The molecule has 5 nitrogen and oxygen atoms in total. The number of benzene rings is 1. The largest absolute Gasteiger partial charge is 0.508 e. The second kappa shape index (κ2) is 5.09. The Hall–Kier alpha value is -1.69. The number of aliphatic carboxylic acids is 1. The minimum atomic E-state index is -0.801. The molecule has 0 spiro atoms. The fraction of sp³-hybridized carbons (Fsp3) is 0.273. The third-order valence-corrected chi connectivity index (χ3v) is 3.17. The number of nitrogens with one attached hydrogen (secondary N) is 1. The summed E-state index contributed by atoms with van der Waals surface area (Å²) in [5.41, 5.74) is 1.60. The quantitative estimate of drug-likeness (QED) is 0.704. The Balaban J connectivity index is 1.97. The normalized spacial score (nSPS) is 10.8. The highest BCUT2D eigenvalue weighted by atomic mass is 32.2. The molecule has 1 aromatic heterocycles. The number of carboxylic acid groups (broad SMARTS) is 1. The topological polar surface area (TPSA) is 86.2 Å². The van der Waals surface area contributed by atoms with Gasteiger partial charge < -0.3 is 15.2 Å². The van der Waals surface area contributed by atoms with Crippen LogP contribution in [0.2, 0.25) is 0 Å². The molecule has 3 N–H and O–H groups in total. The number of aromatic nitrogens is 2. The molecular formula is C11H12N2O3S. The third kappa shape index (κ3) is 3.13. The monoisotopic (exact) mass is 252 g/mol. The number of fused-ring (bicyclic) bond motifs is 1. The molecule has 0 bridgehead atoms. The molecule has 0 amide bonds. The second-order valence-electron chi connectivity index (χ2n) is 3.58. The first-order valence-corrected chi connectivity index (χ1v) is 6.28. The summed E-state index contributed by atoms with van der Waals surface area (Å²) in [5, 5.41) is 17.8. The zero-order chi connectivity index (χ0) is 12.3. The van der Waals surface area contributed by atoms with Gasteiger partial charge in [-0.3, -0.25) is 4.79 Å². The van der Waals surface area contributed by atoms with Crippen LogP contribution in [0.25, 0.3) is 11.0 Å². The van der Waals surface area contributed by atoms with Gasteiger partial charge in [0.25, 0.3) is 0 Å². The summed E-state index contributed by atoms with van der Waals surface area (Å²) < 4.78 is 0. The minimum absolute atomic E-state index is 0.112. The van der Waals surface area contributed by atoms with E-state index in [0.29, 0.717) is 12.2 Å². The summed E-state index contributed by atoms with van der Waals surface area (Å²) in [7, 11) is 0. The Morgan fingerprint density at radius 1 is 1.47 bits per heavy atom. The van der Waals surface area contributed by atoms with Gasteiger partial charge in [0.15, 0.2) is 0 Å². The van der Waals surface area contributed by atoms with Crippen molar-refractivity contribution in [2.75, 3.05) is 11.5 Å². The van der Waals surface area contributed by atoms with Gasteiger partial charge in [-0.05, 0) is 12.1 Å². The van der Waals surface area contributed by atoms with E-state index in [1.807, 2.05) is 0 Å². The van der Waals surface area contributed by atoms with Crippen LogP contribution in [0.4, 0.5) is 0 Å². The highest BCUT2D eigenvalue weighted by Crippen LogP contribution is 2.18. The molecule has 0 saturated heterocycles. The molecule has 1 heterocycles. The first kappa shape index (κ1) is 11.8. The van der Waals surface area contributed by atoms with Crippen molar-refractivity contribution in [1.82, 2.24) is 9.97 Å². The van der Waals surface area contributed by atoms with E-state index < -0.39 is 5.97 Å². The summed E-state index contributed by atoms with van der Waals surface area (Å²) in [6, 6.07) is 4.96. The van der Waals surface area contributed by atoms with Crippen LogP contribution in [0.15, 0.2) is 18.2 Å². The third-order valence-electron chi connectivity index (χ3n) is 2.22. The molecule has 0 fully saturated rings.